The molecule has 1 N–H and O–H groups in total. The van der Waals surface area contributed by atoms with E-state index in [0.29, 0.717) is 6.04 Å². The number of nitrogens with one attached hydrogen (secondary N) is 1. The second kappa shape index (κ2) is 3.08. The second-order valence-corrected chi connectivity index (χ2v) is 4.39. The van der Waals surface area contributed by atoms with Crippen LogP contribution in [0.4, 0.5) is 5.00 Å². The molecule has 4 nitrogen and oxygen atoms in total. The molecule has 1 atom stereocenters. The molecule has 2 rings (SSSR count). The number of thiophene rings is 1. The van der Waals surface area contributed by atoms with E-state index in [-0.39, 0.29) is 9.92 Å². The molecule has 2 heterocycles. The summed E-state index contributed by atoms with van der Waals surface area (Å²) in [6.07, 6.45) is 0.911. The summed E-state index contributed by atoms with van der Waals surface area (Å²) in [6.45, 7) is 2.86. The van der Waals surface area contributed by atoms with E-state index >= 15 is 0 Å². The predicted molar refractivity (Wildman–Crippen MR) is 51.0 cm³/mol. The van der Waals surface area contributed by atoms with Gasteiger partial charge >= 0.3 is 5.00 Å². The first-order valence-corrected chi connectivity index (χ1v) is 4.98. The Kier molecular flexibility index (Phi) is 2.05. The molecule has 1 aromatic heterocycles. The van der Waals surface area contributed by atoms with Crippen LogP contribution in [0.2, 0.25) is 0 Å². The Morgan fingerprint density at radius 3 is 3.23 bits per heavy atom. The van der Waals surface area contributed by atoms with Crippen LogP contribution in [0.25, 0.3) is 0 Å². The van der Waals surface area contributed by atoms with E-state index in [1.165, 1.54) is 11.3 Å². The summed E-state index contributed by atoms with van der Waals surface area (Å²) in [7, 11) is 0. The molecule has 0 saturated carbocycles. The molecule has 0 spiro atoms. The molecule has 0 saturated heterocycles. The minimum absolute atomic E-state index is 0.265. The first kappa shape index (κ1) is 8.65. The van der Waals surface area contributed by atoms with Crippen LogP contribution < -0.4 is 5.32 Å². The molecule has 13 heavy (non-hydrogen) atoms. The molecule has 0 fully saturated rings. The van der Waals surface area contributed by atoms with Gasteiger partial charge in [0, 0.05) is 23.5 Å². The maximum Gasteiger partial charge on any atom is 0.324 e. The number of fused-ring (bicyclic) bond motifs is 1. The fourth-order valence-electron chi connectivity index (χ4n) is 1.50. The van der Waals surface area contributed by atoms with Gasteiger partial charge in [-0.15, -0.1) is 0 Å². The van der Waals surface area contributed by atoms with Gasteiger partial charge in [0.05, 0.1) is 4.92 Å². The van der Waals surface area contributed by atoms with Crippen LogP contribution >= 0.6 is 11.3 Å². The molecule has 0 bridgehead atoms. The van der Waals surface area contributed by atoms with Crippen molar-refractivity contribution in [3.8, 4) is 0 Å². The van der Waals surface area contributed by atoms with Gasteiger partial charge in [-0.25, -0.2) is 0 Å². The Labute approximate surface area is 79.7 Å². The smallest absolute Gasteiger partial charge is 0.310 e. The van der Waals surface area contributed by atoms with Crippen molar-refractivity contribution in [2.45, 2.75) is 25.9 Å². The van der Waals surface area contributed by atoms with E-state index in [9.17, 15) is 10.1 Å². The molecule has 1 aliphatic heterocycles. The Morgan fingerprint density at radius 1 is 1.77 bits per heavy atom. The molecule has 5 heteroatoms. The van der Waals surface area contributed by atoms with Crippen molar-refractivity contribution in [1.82, 2.24) is 5.32 Å². The van der Waals surface area contributed by atoms with Gasteiger partial charge in [-0.05, 0) is 18.9 Å². The van der Waals surface area contributed by atoms with Crippen LogP contribution in [0.5, 0.6) is 0 Å². The normalized spacial score (nSPS) is 21.2. The SMILES string of the molecule is C[C@H]1Cc2sc([N+](=O)[O-])cc2CN1. The molecule has 0 aromatic carbocycles. The van der Waals surface area contributed by atoms with Gasteiger partial charge in [-0.3, -0.25) is 10.1 Å². The van der Waals surface area contributed by atoms with Crippen molar-refractivity contribution >= 4 is 16.3 Å². The number of rotatable bonds is 1. The van der Waals surface area contributed by atoms with Crippen molar-refractivity contribution in [2.24, 2.45) is 0 Å². The van der Waals surface area contributed by atoms with Gasteiger partial charge in [-0.1, -0.05) is 11.3 Å². The molecule has 0 radical (unpaired) electrons. The molecule has 0 unspecified atom stereocenters. The molecular weight excluding hydrogens is 188 g/mol. The lowest BCUT2D eigenvalue weighted by molar-refractivity contribution is -0.380. The highest BCUT2D eigenvalue weighted by Gasteiger charge is 2.21. The van der Waals surface area contributed by atoms with Crippen molar-refractivity contribution < 1.29 is 4.92 Å². The second-order valence-electron chi connectivity index (χ2n) is 3.28. The Bertz CT molecular complexity index is 348. The molecule has 0 amide bonds. The lowest BCUT2D eigenvalue weighted by Crippen LogP contribution is -2.31. The van der Waals surface area contributed by atoms with Crippen LogP contribution in [-0.4, -0.2) is 11.0 Å². The van der Waals surface area contributed by atoms with E-state index in [2.05, 4.69) is 12.2 Å². The van der Waals surface area contributed by atoms with Crippen molar-refractivity contribution in [2.75, 3.05) is 0 Å². The zero-order chi connectivity index (χ0) is 9.42. The van der Waals surface area contributed by atoms with Crippen LogP contribution in [0, 0.1) is 10.1 Å². The Balaban J connectivity index is 2.33. The highest BCUT2D eigenvalue weighted by atomic mass is 32.1. The molecule has 0 aliphatic carbocycles. The van der Waals surface area contributed by atoms with Crippen molar-refractivity contribution in [3.05, 3.63) is 26.6 Å². The zero-order valence-electron chi connectivity index (χ0n) is 7.24. The zero-order valence-corrected chi connectivity index (χ0v) is 8.06. The van der Waals surface area contributed by atoms with Gasteiger partial charge in [0.1, 0.15) is 0 Å². The van der Waals surface area contributed by atoms with Crippen molar-refractivity contribution in [3.63, 3.8) is 0 Å². The standard InChI is InChI=1S/C8H10N2O2S/c1-5-2-7-6(4-9-5)3-8(13-7)10(11)12/h3,5,9H,2,4H2,1H3/t5-/m0/s1. The molecule has 70 valence electrons. The number of nitrogens with zero attached hydrogens (tertiary/aromatic N) is 1. The average molecular weight is 198 g/mol. The van der Waals surface area contributed by atoms with Crippen LogP contribution in [0.3, 0.4) is 0 Å². The van der Waals surface area contributed by atoms with E-state index in [1.54, 1.807) is 6.07 Å². The minimum Gasteiger partial charge on any atom is -0.310 e. The summed E-state index contributed by atoms with van der Waals surface area (Å²) in [6, 6.07) is 2.12. The topological polar surface area (TPSA) is 55.2 Å². The summed E-state index contributed by atoms with van der Waals surface area (Å²) in [5.41, 5.74) is 1.09. The van der Waals surface area contributed by atoms with E-state index in [4.69, 9.17) is 0 Å². The highest BCUT2D eigenvalue weighted by molar-refractivity contribution is 7.15. The third kappa shape index (κ3) is 1.57. The third-order valence-electron chi connectivity index (χ3n) is 2.20. The predicted octanol–water partition coefficient (Wildman–Crippen LogP) is 1.69. The van der Waals surface area contributed by atoms with Gasteiger partial charge < -0.3 is 5.32 Å². The van der Waals surface area contributed by atoms with E-state index in [0.717, 1.165) is 23.4 Å². The largest absolute Gasteiger partial charge is 0.324 e. The summed E-state index contributed by atoms with van der Waals surface area (Å²) in [4.78, 5) is 11.3. The van der Waals surface area contributed by atoms with Crippen molar-refractivity contribution in [1.29, 1.82) is 0 Å². The van der Waals surface area contributed by atoms with Gasteiger partial charge in [0.2, 0.25) is 0 Å². The van der Waals surface area contributed by atoms with Gasteiger partial charge in [-0.2, -0.15) is 0 Å². The van der Waals surface area contributed by atoms with Crippen LogP contribution in [-0.2, 0) is 13.0 Å². The van der Waals surface area contributed by atoms with E-state index < -0.39 is 0 Å². The van der Waals surface area contributed by atoms with Gasteiger partial charge in [0.15, 0.2) is 0 Å². The monoisotopic (exact) mass is 198 g/mol. The maximum atomic E-state index is 10.5. The molecule has 1 aliphatic rings. The summed E-state index contributed by atoms with van der Waals surface area (Å²) < 4.78 is 0. The average Bonchev–Trinajstić information content (AvgIpc) is 2.46. The summed E-state index contributed by atoms with van der Waals surface area (Å²) >= 11 is 1.31. The Hall–Kier alpha value is -0.940. The number of hydrogen-bond acceptors (Lipinski definition) is 4. The van der Waals surface area contributed by atoms with Crippen LogP contribution in [0.1, 0.15) is 17.4 Å². The lowest BCUT2D eigenvalue weighted by Gasteiger charge is -2.18. The first-order chi connectivity index (χ1) is 6.16. The molecule has 1 aromatic rings. The van der Waals surface area contributed by atoms with Crippen LogP contribution in [0.15, 0.2) is 6.07 Å². The highest BCUT2D eigenvalue weighted by Crippen LogP contribution is 2.31. The summed E-state index contributed by atoms with van der Waals surface area (Å²) in [5.74, 6) is 0. The maximum absolute atomic E-state index is 10.5. The summed E-state index contributed by atoms with van der Waals surface area (Å²) in [5, 5.41) is 14.0. The number of hydrogen-bond donors (Lipinski definition) is 1. The minimum atomic E-state index is -0.312. The fourth-order valence-corrected chi connectivity index (χ4v) is 2.62. The quantitative estimate of drug-likeness (QED) is 0.552. The third-order valence-corrected chi connectivity index (χ3v) is 3.35. The first-order valence-electron chi connectivity index (χ1n) is 4.16. The Morgan fingerprint density at radius 2 is 2.54 bits per heavy atom. The number of nitro groups is 1. The van der Waals surface area contributed by atoms with Gasteiger partial charge in [0.25, 0.3) is 0 Å². The lowest BCUT2D eigenvalue weighted by atomic mass is 10.1. The molecular formula is C8H10N2O2S. The fraction of sp³-hybridized carbons (Fsp3) is 0.500. The van der Waals surface area contributed by atoms with E-state index in [1.807, 2.05) is 0 Å².